The van der Waals surface area contributed by atoms with E-state index in [0.29, 0.717) is 0 Å². The van der Waals surface area contributed by atoms with E-state index in [2.05, 4.69) is 38.4 Å². The SMILES string of the molecule is C=C/C(=C\c1ccccc1)O[Si](C)(C)C. The van der Waals surface area contributed by atoms with E-state index in [1.165, 1.54) is 0 Å². The van der Waals surface area contributed by atoms with E-state index in [1.54, 1.807) is 6.08 Å². The lowest BCUT2D eigenvalue weighted by atomic mass is 10.2. The minimum absolute atomic E-state index is 0.861. The zero-order valence-corrected chi connectivity index (χ0v) is 10.7. The van der Waals surface area contributed by atoms with Gasteiger partial charge in [-0.05, 0) is 37.4 Å². The third-order valence-corrected chi connectivity index (χ3v) is 2.58. The Bertz CT molecular complexity index is 347. The molecule has 0 saturated heterocycles. The van der Waals surface area contributed by atoms with Crippen molar-refractivity contribution in [2.75, 3.05) is 0 Å². The third kappa shape index (κ3) is 4.65. The molecule has 0 aliphatic heterocycles. The van der Waals surface area contributed by atoms with Crippen molar-refractivity contribution in [2.24, 2.45) is 0 Å². The highest BCUT2D eigenvalue weighted by molar-refractivity contribution is 6.70. The van der Waals surface area contributed by atoms with E-state index in [9.17, 15) is 0 Å². The van der Waals surface area contributed by atoms with Crippen molar-refractivity contribution < 1.29 is 4.43 Å². The smallest absolute Gasteiger partial charge is 0.242 e. The summed E-state index contributed by atoms with van der Waals surface area (Å²) >= 11 is 0. The van der Waals surface area contributed by atoms with Crippen molar-refractivity contribution in [1.29, 1.82) is 0 Å². The summed E-state index contributed by atoms with van der Waals surface area (Å²) in [6.45, 7) is 10.3. The van der Waals surface area contributed by atoms with Gasteiger partial charge < -0.3 is 4.43 Å². The fraction of sp³-hybridized carbons (Fsp3) is 0.231. The van der Waals surface area contributed by atoms with Crippen LogP contribution in [0.25, 0.3) is 6.08 Å². The van der Waals surface area contributed by atoms with Gasteiger partial charge in [-0.3, -0.25) is 0 Å². The first-order valence-corrected chi connectivity index (χ1v) is 8.50. The van der Waals surface area contributed by atoms with E-state index < -0.39 is 8.32 Å². The highest BCUT2D eigenvalue weighted by Crippen LogP contribution is 2.14. The van der Waals surface area contributed by atoms with Gasteiger partial charge in [-0.2, -0.15) is 0 Å². The lowest BCUT2D eigenvalue weighted by Gasteiger charge is -2.19. The van der Waals surface area contributed by atoms with E-state index in [-0.39, 0.29) is 0 Å². The summed E-state index contributed by atoms with van der Waals surface area (Å²) in [5.41, 5.74) is 1.14. The molecule has 1 aromatic rings. The molecule has 0 unspecified atom stereocenters. The minimum atomic E-state index is -1.53. The summed E-state index contributed by atoms with van der Waals surface area (Å²) < 4.78 is 5.87. The molecule has 0 aliphatic rings. The Labute approximate surface area is 93.2 Å². The van der Waals surface area contributed by atoms with Crippen molar-refractivity contribution in [2.45, 2.75) is 19.6 Å². The molecular formula is C13H18OSi. The molecule has 0 N–H and O–H groups in total. The molecule has 0 heterocycles. The summed E-state index contributed by atoms with van der Waals surface area (Å²) in [5, 5.41) is 0. The molecule has 80 valence electrons. The molecule has 0 bridgehead atoms. The van der Waals surface area contributed by atoms with Crippen molar-refractivity contribution in [1.82, 2.24) is 0 Å². The third-order valence-electron chi connectivity index (χ3n) is 1.73. The van der Waals surface area contributed by atoms with Gasteiger partial charge in [0.05, 0.1) is 0 Å². The molecule has 0 aromatic heterocycles. The zero-order chi connectivity index (χ0) is 11.3. The molecule has 1 aromatic carbocycles. The first-order chi connectivity index (χ1) is 7.01. The van der Waals surface area contributed by atoms with E-state index >= 15 is 0 Å². The Morgan fingerprint density at radius 1 is 1.20 bits per heavy atom. The predicted molar refractivity (Wildman–Crippen MR) is 69.0 cm³/mol. The van der Waals surface area contributed by atoms with Crippen LogP contribution in [0, 0.1) is 0 Å². The summed E-state index contributed by atoms with van der Waals surface area (Å²) in [4.78, 5) is 0. The van der Waals surface area contributed by atoms with Crippen LogP contribution in [0.15, 0.2) is 48.7 Å². The average molecular weight is 218 g/mol. The molecule has 0 aliphatic carbocycles. The Hall–Kier alpha value is -1.28. The first-order valence-electron chi connectivity index (χ1n) is 5.09. The predicted octanol–water partition coefficient (Wildman–Crippen LogP) is 4.07. The topological polar surface area (TPSA) is 9.23 Å². The summed E-state index contributed by atoms with van der Waals surface area (Å²) in [6, 6.07) is 10.1. The molecule has 0 spiro atoms. The molecule has 0 atom stereocenters. The number of allylic oxidation sites excluding steroid dienone is 1. The van der Waals surface area contributed by atoms with Crippen LogP contribution in [0.5, 0.6) is 0 Å². The van der Waals surface area contributed by atoms with E-state index in [1.807, 2.05) is 24.3 Å². The summed E-state index contributed by atoms with van der Waals surface area (Å²) in [5.74, 6) is 0.861. The number of rotatable bonds is 4. The van der Waals surface area contributed by atoms with Gasteiger partial charge in [-0.1, -0.05) is 36.9 Å². The van der Waals surface area contributed by atoms with E-state index in [0.717, 1.165) is 11.3 Å². The molecular weight excluding hydrogens is 200 g/mol. The first kappa shape index (κ1) is 11.8. The molecule has 1 nitrogen and oxygen atoms in total. The van der Waals surface area contributed by atoms with Gasteiger partial charge in [0.1, 0.15) is 5.76 Å². The van der Waals surface area contributed by atoms with Gasteiger partial charge in [0, 0.05) is 0 Å². The second kappa shape index (κ2) is 4.98. The Balaban J connectivity index is 2.84. The quantitative estimate of drug-likeness (QED) is 0.420. The van der Waals surface area contributed by atoms with Crippen LogP contribution < -0.4 is 0 Å². The van der Waals surface area contributed by atoms with Gasteiger partial charge in [-0.15, -0.1) is 0 Å². The molecule has 0 amide bonds. The van der Waals surface area contributed by atoms with Gasteiger partial charge in [-0.25, -0.2) is 0 Å². The maximum atomic E-state index is 5.87. The van der Waals surface area contributed by atoms with Crippen LogP contribution >= 0.6 is 0 Å². The summed E-state index contributed by atoms with van der Waals surface area (Å²) in [7, 11) is -1.53. The zero-order valence-electron chi connectivity index (χ0n) is 9.66. The van der Waals surface area contributed by atoms with Crippen LogP contribution in [-0.4, -0.2) is 8.32 Å². The molecule has 0 radical (unpaired) electrons. The van der Waals surface area contributed by atoms with Crippen LogP contribution in [0.1, 0.15) is 5.56 Å². The molecule has 1 rings (SSSR count). The van der Waals surface area contributed by atoms with Gasteiger partial charge in [0.15, 0.2) is 0 Å². The highest BCUT2D eigenvalue weighted by Gasteiger charge is 2.16. The van der Waals surface area contributed by atoms with Crippen LogP contribution in [0.3, 0.4) is 0 Å². The van der Waals surface area contributed by atoms with Crippen LogP contribution in [0.2, 0.25) is 19.6 Å². The van der Waals surface area contributed by atoms with Gasteiger partial charge >= 0.3 is 0 Å². The van der Waals surface area contributed by atoms with Crippen molar-refractivity contribution >= 4 is 14.4 Å². The second-order valence-corrected chi connectivity index (χ2v) is 8.80. The fourth-order valence-corrected chi connectivity index (χ4v) is 2.05. The molecule has 15 heavy (non-hydrogen) atoms. The second-order valence-electron chi connectivity index (χ2n) is 4.38. The summed E-state index contributed by atoms with van der Waals surface area (Å²) in [6.07, 6.45) is 3.79. The van der Waals surface area contributed by atoms with Crippen LogP contribution in [0.4, 0.5) is 0 Å². The minimum Gasteiger partial charge on any atom is -0.544 e. The number of hydrogen-bond donors (Lipinski definition) is 0. The maximum absolute atomic E-state index is 5.87. The van der Waals surface area contributed by atoms with Gasteiger partial charge in [0.25, 0.3) is 0 Å². The number of benzene rings is 1. The largest absolute Gasteiger partial charge is 0.544 e. The van der Waals surface area contributed by atoms with Crippen molar-refractivity contribution in [3.63, 3.8) is 0 Å². The molecule has 0 fully saturated rings. The number of hydrogen-bond acceptors (Lipinski definition) is 1. The van der Waals surface area contributed by atoms with Crippen molar-refractivity contribution in [3.05, 3.63) is 54.3 Å². The normalized spacial score (nSPS) is 12.3. The highest BCUT2D eigenvalue weighted by atomic mass is 28.4. The Morgan fingerprint density at radius 2 is 1.80 bits per heavy atom. The fourth-order valence-electron chi connectivity index (χ4n) is 1.20. The molecule has 0 saturated carbocycles. The monoisotopic (exact) mass is 218 g/mol. The van der Waals surface area contributed by atoms with Gasteiger partial charge in [0.2, 0.25) is 8.32 Å². The average Bonchev–Trinajstić information content (AvgIpc) is 2.16. The lowest BCUT2D eigenvalue weighted by molar-refractivity contribution is 0.446. The standard InChI is InChI=1S/C13H18OSi/c1-5-13(14-15(2,3)4)11-12-9-7-6-8-10-12/h5-11H,1H2,2-4H3/b13-11+. The lowest BCUT2D eigenvalue weighted by Crippen LogP contribution is -2.24. The Morgan fingerprint density at radius 3 is 2.27 bits per heavy atom. The van der Waals surface area contributed by atoms with Crippen molar-refractivity contribution in [3.8, 4) is 0 Å². The molecule has 2 heteroatoms. The Kier molecular flexibility index (Phi) is 3.92. The van der Waals surface area contributed by atoms with E-state index in [4.69, 9.17) is 4.43 Å². The maximum Gasteiger partial charge on any atom is 0.242 e. The van der Waals surface area contributed by atoms with Crippen LogP contribution in [-0.2, 0) is 4.43 Å².